The van der Waals surface area contributed by atoms with Crippen molar-refractivity contribution in [3.05, 3.63) is 41.0 Å². The first-order valence-electron chi connectivity index (χ1n) is 5.21. The highest BCUT2D eigenvalue weighted by atomic mass is 16.5. The van der Waals surface area contributed by atoms with Gasteiger partial charge in [0.05, 0.1) is 12.2 Å². The van der Waals surface area contributed by atoms with Gasteiger partial charge in [0.15, 0.2) is 0 Å². The van der Waals surface area contributed by atoms with Crippen molar-refractivity contribution in [1.29, 1.82) is 5.26 Å². The molecule has 0 radical (unpaired) electrons. The molecule has 5 nitrogen and oxygen atoms in total. The molecule has 0 amide bonds. The molecule has 0 spiro atoms. The fourth-order valence-corrected chi connectivity index (χ4v) is 1.32. The van der Waals surface area contributed by atoms with Crippen LogP contribution in [0.3, 0.4) is 0 Å². The van der Waals surface area contributed by atoms with Crippen LogP contribution in [0.5, 0.6) is 0 Å². The highest BCUT2D eigenvalue weighted by molar-refractivity contribution is 6.00. The van der Waals surface area contributed by atoms with Crippen LogP contribution in [0.1, 0.15) is 22.8 Å². The third kappa shape index (κ3) is 3.19. The maximum Gasteiger partial charge on any atom is 0.348 e. The van der Waals surface area contributed by atoms with E-state index in [0.29, 0.717) is 0 Å². The van der Waals surface area contributed by atoms with Crippen LogP contribution in [0.25, 0.3) is 6.08 Å². The number of carbonyl (C=O) groups is 2. The van der Waals surface area contributed by atoms with E-state index in [1.165, 1.54) is 18.2 Å². The summed E-state index contributed by atoms with van der Waals surface area (Å²) in [5.74, 6) is -1.89. The Kier molecular flexibility index (Phi) is 4.64. The summed E-state index contributed by atoms with van der Waals surface area (Å²) >= 11 is 0. The highest BCUT2D eigenvalue weighted by Gasteiger charge is 2.13. The molecule has 0 aliphatic heterocycles. The number of ether oxygens (including phenoxy) is 1. The second kappa shape index (κ2) is 6.21. The van der Waals surface area contributed by atoms with E-state index in [0.717, 1.165) is 0 Å². The average Bonchev–Trinajstić information content (AvgIpc) is 2.36. The number of carboxylic acid groups (broad SMARTS) is 1. The first-order chi connectivity index (χ1) is 8.60. The van der Waals surface area contributed by atoms with Gasteiger partial charge in [0.25, 0.3) is 0 Å². The molecule has 0 saturated heterocycles. The molecule has 0 atom stereocenters. The van der Waals surface area contributed by atoms with Crippen LogP contribution >= 0.6 is 0 Å². The van der Waals surface area contributed by atoms with Crippen molar-refractivity contribution in [2.45, 2.75) is 6.92 Å². The van der Waals surface area contributed by atoms with Gasteiger partial charge in [-0.25, -0.2) is 9.59 Å². The number of rotatable bonds is 4. The minimum absolute atomic E-state index is 0.0227. The van der Waals surface area contributed by atoms with Gasteiger partial charge < -0.3 is 9.84 Å². The number of hydrogen-bond donors (Lipinski definition) is 1. The Morgan fingerprint density at radius 1 is 1.44 bits per heavy atom. The number of hydrogen-bond acceptors (Lipinski definition) is 4. The molecule has 0 aromatic heterocycles. The van der Waals surface area contributed by atoms with Gasteiger partial charge in [-0.1, -0.05) is 18.2 Å². The van der Waals surface area contributed by atoms with Crippen molar-refractivity contribution in [1.82, 2.24) is 0 Å². The molecule has 0 heterocycles. The van der Waals surface area contributed by atoms with E-state index >= 15 is 0 Å². The Bertz CT molecular complexity index is 540. The van der Waals surface area contributed by atoms with Crippen LogP contribution in [0, 0.1) is 11.3 Å². The van der Waals surface area contributed by atoms with Crippen molar-refractivity contribution >= 4 is 18.0 Å². The standard InChI is InChI=1S/C13H11NO4/c1-2-18-13(17)10(8-14)7-9-5-3-4-6-11(9)12(15)16/h3-7H,2H2,1H3,(H,15,16)/b10-7+. The predicted octanol–water partition coefficient (Wildman–Crippen LogP) is 1.85. The van der Waals surface area contributed by atoms with Crippen LogP contribution in [0.4, 0.5) is 0 Å². The summed E-state index contributed by atoms with van der Waals surface area (Å²) in [4.78, 5) is 22.4. The van der Waals surface area contributed by atoms with E-state index in [4.69, 9.17) is 15.1 Å². The zero-order valence-corrected chi connectivity index (χ0v) is 9.71. The van der Waals surface area contributed by atoms with Gasteiger partial charge in [-0.2, -0.15) is 5.26 Å². The lowest BCUT2D eigenvalue weighted by atomic mass is 10.1. The van der Waals surface area contributed by atoms with Crippen molar-refractivity contribution in [2.75, 3.05) is 6.61 Å². The fourth-order valence-electron chi connectivity index (χ4n) is 1.32. The van der Waals surface area contributed by atoms with Crippen LogP contribution in [0.15, 0.2) is 29.8 Å². The molecule has 1 rings (SSSR count). The van der Waals surface area contributed by atoms with E-state index in [-0.39, 0.29) is 23.3 Å². The molecule has 0 saturated carbocycles. The van der Waals surface area contributed by atoms with Crippen LogP contribution in [-0.4, -0.2) is 23.7 Å². The summed E-state index contributed by atoms with van der Waals surface area (Å²) in [7, 11) is 0. The van der Waals surface area contributed by atoms with Crippen LogP contribution in [-0.2, 0) is 9.53 Å². The Labute approximate surface area is 104 Å². The largest absolute Gasteiger partial charge is 0.478 e. The van der Waals surface area contributed by atoms with E-state index in [2.05, 4.69) is 0 Å². The van der Waals surface area contributed by atoms with E-state index < -0.39 is 11.9 Å². The van der Waals surface area contributed by atoms with Crippen LogP contribution in [0.2, 0.25) is 0 Å². The molecule has 0 bridgehead atoms. The second-order valence-corrected chi connectivity index (χ2v) is 3.28. The normalized spacial score (nSPS) is 10.6. The lowest BCUT2D eigenvalue weighted by Gasteiger charge is -2.02. The van der Waals surface area contributed by atoms with Crippen LogP contribution < -0.4 is 0 Å². The zero-order valence-electron chi connectivity index (χ0n) is 9.71. The topological polar surface area (TPSA) is 87.4 Å². The molecular formula is C13H11NO4. The first-order valence-corrected chi connectivity index (χ1v) is 5.21. The molecule has 1 aromatic carbocycles. The molecule has 0 unspecified atom stereocenters. The second-order valence-electron chi connectivity index (χ2n) is 3.28. The van der Waals surface area contributed by atoms with Gasteiger partial charge in [-0.3, -0.25) is 0 Å². The monoisotopic (exact) mass is 245 g/mol. The van der Waals surface area contributed by atoms with Gasteiger partial charge >= 0.3 is 11.9 Å². The molecule has 1 N–H and O–H groups in total. The molecule has 92 valence electrons. The van der Waals surface area contributed by atoms with Gasteiger partial charge in [0.2, 0.25) is 0 Å². The van der Waals surface area contributed by atoms with Gasteiger partial charge in [-0.05, 0) is 24.6 Å². The number of benzene rings is 1. The SMILES string of the molecule is CCOC(=O)/C(C#N)=C/c1ccccc1C(=O)O. The lowest BCUT2D eigenvalue weighted by molar-refractivity contribution is -0.137. The maximum absolute atomic E-state index is 11.4. The summed E-state index contributed by atoms with van der Waals surface area (Å²) < 4.78 is 4.69. The summed E-state index contributed by atoms with van der Waals surface area (Å²) in [5, 5.41) is 17.8. The molecule has 0 fully saturated rings. The Hall–Kier alpha value is -2.61. The fraction of sp³-hybridized carbons (Fsp3) is 0.154. The molecule has 18 heavy (non-hydrogen) atoms. The van der Waals surface area contributed by atoms with Crippen molar-refractivity contribution in [3.63, 3.8) is 0 Å². The molecular weight excluding hydrogens is 234 g/mol. The number of carboxylic acids is 1. The molecule has 0 aliphatic carbocycles. The summed E-state index contributed by atoms with van der Waals surface area (Å²) in [6, 6.07) is 7.80. The number of nitrogens with zero attached hydrogens (tertiary/aromatic N) is 1. The number of esters is 1. The zero-order chi connectivity index (χ0) is 13.5. The smallest absolute Gasteiger partial charge is 0.348 e. The van der Waals surface area contributed by atoms with Crippen molar-refractivity contribution in [2.24, 2.45) is 0 Å². The number of aromatic carboxylic acids is 1. The predicted molar refractivity (Wildman–Crippen MR) is 63.6 cm³/mol. The highest BCUT2D eigenvalue weighted by Crippen LogP contribution is 2.13. The number of carbonyl (C=O) groups excluding carboxylic acids is 1. The minimum atomic E-state index is -1.12. The van der Waals surface area contributed by atoms with Gasteiger partial charge in [0.1, 0.15) is 11.6 Å². The van der Waals surface area contributed by atoms with Crippen molar-refractivity contribution < 1.29 is 19.4 Å². The Morgan fingerprint density at radius 2 is 2.11 bits per heavy atom. The average molecular weight is 245 g/mol. The number of nitriles is 1. The Morgan fingerprint density at radius 3 is 2.67 bits per heavy atom. The molecule has 5 heteroatoms. The van der Waals surface area contributed by atoms with Crippen molar-refractivity contribution in [3.8, 4) is 6.07 Å². The Balaban J connectivity index is 3.18. The quantitative estimate of drug-likeness (QED) is 0.497. The third-order valence-corrected chi connectivity index (χ3v) is 2.11. The molecule has 1 aromatic rings. The maximum atomic E-state index is 11.4. The van der Waals surface area contributed by atoms with E-state index in [9.17, 15) is 9.59 Å². The summed E-state index contributed by atoms with van der Waals surface area (Å²) in [5.41, 5.74) is 0.0784. The van der Waals surface area contributed by atoms with Gasteiger partial charge in [0, 0.05) is 0 Å². The summed E-state index contributed by atoms with van der Waals surface area (Å²) in [6.45, 7) is 1.77. The van der Waals surface area contributed by atoms with Gasteiger partial charge in [-0.15, -0.1) is 0 Å². The van der Waals surface area contributed by atoms with E-state index in [1.54, 1.807) is 25.1 Å². The minimum Gasteiger partial charge on any atom is -0.478 e. The third-order valence-electron chi connectivity index (χ3n) is 2.11. The summed E-state index contributed by atoms with van der Waals surface area (Å²) in [6.07, 6.45) is 1.21. The lowest BCUT2D eigenvalue weighted by Crippen LogP contribution is -2.07. The van der Waals surface area contributed by atoms with E-state index in [1.807, 2.05) is 0 Å². The molecule has 0 aliphatic rings. The first kappa shape index (κ1) is 13.5.